The standard InChI is InChI=1S/C16H25NO2/c1-4-16(3)11-13(9-10-19-16)17-15-8-6-5-7-14(15)12(2)18/h5-8,12-13,17-18H,4,9-11H2,1-3H3. The Morgan fingerprint density at radius 2 is 2.21 bits per heavy atom. The minimum absolute atomic E-state index is 0.0182. The first kappa shape index (κ1) is 14.4. The number of anilines is 1. The molecule has 0 saturated carbocycles. The molecule has 3 heteroatoms. The Morgan fingerprint density at radius 3 is 2.89 bits per heavy atom. The van der Waals surface area contributed by atoms with Crippen molar-refractivity contribution in [1.29, 1.82) is 0 Å². The number of hydrogen-bond acceptors (Lipinski definition) is 3. The van der Waals surface area contributed by atoms with Crippen LogP contribution in [-0.2, 0) is 4.74 Å². The minimum atomic E-state index is -0.443. The molecule has 1 aromatic rings. The van der Waals surface area contributed by atoms with Crippen LogP contribution in [0.4, 0.5) is 5.69 Å². The fourth-order valence-electron chi connectivity index (χ4n) is 2.71. The summed E-state index contributed by atoms with van der Waals surface area (Å²) in [5, 5.41) is 13.4. The van der Waals surface area contributed by atoms with E-state index in [1.165, 1.54) is 0 Å². The Labute approximate surface area is 116 Å². The molecule has 0 radical (unpaired) electrons. The Balaban J connectivity index is 2.09. The summed E-state index contributed by atoms with van der Waals surface area (Å²) in [6.07, 6.45) is 2.62. The molecule has 1 saturated heterocycles. The normalized spacial score (nSPS) is 28.9. The summed E-state index contributed by atoms with van der Waals surface area (Å²) < 4.78 is 5.87. The van der Waals surface area contributed by atoms with Crippen molar-refractivity contribution in [2.75, 3.05) is 11.9 Å². The molecule has 2 N–H and O–H groups in total. The van der Waals surface area contributed by atoms with E-state index in [4.69, 9.17) is 4.74 Å². The summed E-state index contributed by atoms with van der Waals surface area (Å²) in [7, 11) is 0. The van der Waals surface area contributed by atoms with E-state index in [9.17, 15) is 5.11 Å². The van der Waals surface area contributed by atoms with Gasteiger partial charge in [-0.05, 0) is 39.2 Å². The first-order chi connectivity index (χ1) is 9.04. The van der Waals surface area contributed by atoms with Crippen LogP contribution < -0.4 is 5.32 Å². The number of rotatable bonds is 4. The van der Waals surface area contributed by atoms with Crippen molar-refractivity contribution in [2.45, 2.75) is 57.8 Å². The van der Waals surface area contributed by atoms with Crippen LogP contribution in [0.25, 0.3) is 0 Å². The quantitative estimate of drug-likeness (QED) is 0.873. The molecule has 0 aromatic heterocycles. The highest BCUT2D eigenvalue weighted by atomic mass is 16.5. The summed E-state index contributed by atoms with van der Waals surface area (Å²) in [4.78, 5) is 0. The Morgan fingerprint density at radius 1 is 1.47 bits per heavy atom. The first-order valence-electron chi connectivity index (χ1n) is 7.21. The van der Waals surface area contributed by atoms with Crippen LogP contribution in [0.3, 0.4) is 0 Å². The van der Waals surface area contributed by atoms with Crippen LogP contribution >= 0.6 is 0 Å². The van der Waals surface area contributed by atoms with Gasteiger partial charge in [0.05, 0.1) is 11.7 Å². The zero-order valence-electron chi connectivity index (χ0n) is 12.1. The number of para-hydroxylation sites is 1. The van der Waals surface area contributed by atoms with Gasteiger partial charge in [0.15, 0.2) is 0 Å². The smallest absolute Gasteiger partial charge is 0.0781 e. The topological polar surface area (TPSA) is 41.5 Å². The average molecular weight is 263 g/mol. The second kappa shape index (κ2) is 5.93. The third-order valence-electron chi connectivity index (χ3n) is 4.11. The van der Waals surface area contributed by atoms with Crippen molar-refractivity contribution in [1.82, 2.24) is 0 Å². The molecule has 19 heavy (non-hydrogen) atoms. The zero-order chi connectivity index (χ0) is 13.9. The molecule has 0 aliphatic carbocycles. The first-order valence-corrected chi connectivity index (χ1v) is 7.21. The molecule has 1 aromatic carbocycles. The highest BCUT2D eigenvalue weighted by Crippen LogP contribution is 2.31. The number of aliphatic hydroxyl groups is 1. The van der Waals surface area contributed by atoms with Crippen molar-refractivity contribution < 1.29 is 9.84 Å². The van der Waals surface area contributed by atoms with Gasteiger partial charge in [-0.3, -0.25) is 0 Å². The molecule has 3 nitrogen and oxygen atoms in total. The molecule has 3 unspecified atom stereocenters. The zero-order valence-corrected chi connectivity index (χ0v) is 12.1. The molecular formula is C16H25NO2. The summed E-state index contributed by atoms with van der Waals surface area (Å²) in [5.74, 6) is 0. The molecule has 1 aliphatic heterocycles. The summed E-state index contributed by atoms with van der Waals surface area (Å²) >= 11 is 0. The number of aliphatic hydroxyl groups excluding tert-OH is 1. The van der Waals surface area contributed by atoms with Gasteiger partial charge in [0, 0.05) is 23.9 Å². The number of hydrogen-bond donors (Lipinski definition) is 2. The van der Waals surface area contributed by atoms with Crippen LogP contribution in [0.15, 0.2) is 24.3 Å². The molecule has 3 atom stereocenters. The van der Waals surface area contributed by atoms with Gasteiger partial charge in [-0.2, -0.15) is 0 Å². The summed E-state index contributed by atoms with van der Waals surface area (Å²) in [5.41, 5.74) is 1.99. The molecule has 106 valence electrons. The molecule has 2 rings (SSSR count). The lowest BCUT2D eigenvalue weighted by atomic mass is 9.89. The largest absolute Gasteiger partial charge is 0.389 e. The average Bonchev–Trinajstić information content (AvgIpc) is 2.39. The minimum Gasteiger partial charge on any atom is -0.389 e. The summed E-state index contributed by atoms with van der Waals surface area (Å²) in [6.45, 7) is 6.97. The maximum Gasteiger partial charge on any atom is 0.0781 e. The van der Waals surface area contributed by atoms with Gasteiger partial charge >= 0.3 is 0 Å². The van der Waals surface area contributed by atoms with E-state index < -0.39 is 6.10 Å². The third kappa shape index (κ3) is 3.48. The molecule has 0 bridgehead atoms. The van der Waals surface area contributed by atoms with Crippen LogP contribution in [0.5, 0.6) is 0 Å². The number of ether oxygens (including phenoxy) is 1. The van der Waals surface area contributed by atoms with E-state index in [-0.39, 0.29) is 5.60 Å². The fraction of sp³-hybridized carbons (Fsp3) is 0.625. The van der Waals surface area contributed by atoms with Crippen molar-refractivity contribution in [2.24, 2.45) is 0 Å². The summed E-state index contributed by atoms with van der Waals surface area (Å²) in [6, 6.07) is 8.41. The molecular weight excluding hydrogens is 238 g/mol. The van der Waals surface area contributed by atoms with E-state index in [2.05, 4.69) is 19.2 Å². The van der Waals surface area contributed by atoms with Crippen molar-refractivity contribution in [3.05, 3.63) is 29.8 Å². The lowest BCUT2D eigenvalue weighted by Crippen LogP contribution is -2.42. The van der Waals surface area contributed by atoms with E-state index in [0.717, 1.165) is 37.1 Å². The van der Waals surface area contributed by atoms with Gasteiger partial charge in [0.2, 0.25) is 0 Å². The number of nitrogens with one attached hydrogen (secondary N) is 1. The molecule has 1 aliphatic rings. The Bertz CT molecular complexity index is 419. The molecule has 0 amide bonds. The highest BCUT2D eigenvalue weighted by molar-refractivity contribution is 5.52. The van der Waals surface area contributed by atoms with E-state index in [1.807, 2.05) is 24.3 Å². The lowest BCUT2D eigenvalue weighted by molar-refractivity contribution is -0.0709. The third-order valence-corrected chi connectivity index (χ3v) is 4.11. The fourth-order valence-corrected chi connectivity index (χ4v) is 2.71. The van der Waals surface area contributed by atoms with Crippen molar-refractivity contribution in [3.63, 3.8) is 0 Å². The maximum atomic E-state index is 9.82. The molecule has 0 spiro atoms. The van der Waals surface area contributed by atoms with Crippen LogP contribution in [-0.4, -0.2) is 23.4 Å². The van der Waals surface area contributed by atoms with E-state index in [1.54, 1.807) is 6.92 Å². The highest BCUT2D eigenvalue weighted by Gasteiger charge is 2.31. The number of benzene rings is 1. The van der Waals surface area contributed by atoms with E-state index >= 15 is 0 Å². The van der Waals surface area contributed by atoms with E-state index in [0.29, 0.717) is 6.04 Å². The second-order valence-corrected chi connectivity index (χ2v) is 5.75. The SMILES string of the molecule is CCC1(C)CC(Nc2ccccc2C(C)O)CCO1. The Kier molecular flexibility index (Phi) is 4.48. The van der Waals surface area contributed by atoms with Crippen LogP contribution in [0.2, 0.25) is 0 Å². The molecule has 1 fully saturated rings. The van der Waals surface area contributed by atoms with Gasteiger partial charge < -0.3 is 15.2 Å². The monoisotopic (exact) mass is 263 g/mol. The Hall–Kier alpha value is -1.06. The lowest BCUT2D eigenvalue weighted by Gasteiger charge is -2.38. The van der Waals surface area contributed by atoms with Crippen molar-refractivity contribution >= 4 is 5.69 Å². The van der Waals surface area contributed by atoms with Gasteiger partial charge in [0.25, 0.3) is 0 Å². The van der Waals surface area contributed by atoms with Gasteiger partial charge in [0.1, 0.15) is 0 Å². The van der Waals surface area contributed by atoms with Gasteiger partial charge in [-0.25, -0.2) is 0 Å². The molecule has 1 heterocycles. The predicted molar refractivity (Wildman–Crippen MR) is 78.4 cm³/mol. The van der Waals surface area contributed by atoms with Crippen LogP contribution in [0, 0.1) is 0 Å². The van der Waals surface area contributed by atoms with Gasteiger partial charge in [-0.15, -0.1) is 0 Å². The van der Waals surface area contributed by atoms with Gasteiger partial charge in [-0.1, -0.05) is 25.1 Å². The second-order valence-electron chi connectivity index (χ2n) is 5.75. The predicted octanol–water partition coefficient (Wildman–Crippen LogP) is 3.50. The van der Waals surface area contributed by atoms with Crippen LogP contribution in [0.1, 0.15) is 51.7 Å². The van der Waals surface area contributed by atoms with Crippen molar-refractivity contribution in [3.8, 4) is 0 Å². The maximum absolute atomic E-state index is 9.82.